The first-order valence-corrected chi connectivity index (χ1v) is 6.78. The SMILES string of the molecule is OC[C@H]1O[C@@H](Oc2cc3[nH]ccc3cc2O)[C@H](O)[C@@H](O)[C@@H]1O. The summed E-state index contributed by atoms with van der Waals surface area (Å²) >= 11 is 0. The molecule has 1 fully saturated rings. The zero-order chi connectivity index (χ0) is 15.9. The number of benzene rings is 1. The van der Waals surface area contributed by atoms with E-state index in [4.69, 9.17) is 14.6 Å². The largest absolute Gasteiger partial charge is 0.504 e. The van der Waals surface area contributed by atoms with Gasteiger partial charge in [0.15, 0.2) is 11.5 Å². The molecule has 1 aliphatic rings. The van der Waals surface area contributed by atoms with Crippen molar-refractivity contribution in [2.75, 3.05) is 6.61 Å². The highest BCUT2D eigenvalue weighted by Gasteiger charge is 2.44. The predicted molar refractivity (Wildman–Crippen MR) is 74.4 cm³/mol. The summed E-state index contributed by atoms with van der Waals surface area (Å²) in [5, 5.41) is 49.2. The number of ether oxygens (including phenoxy) is 2. The van der Waals surface area contributed by atoms with Crippen molar-refractivity contribution in [1.82, 2.24) is 4.98 Å². The molecule has 0 bridgehead atoms. The van der Waals surface area contributed by atoms with Crippen LogP contribution in [0.25, 0.3) is 10.9 Å². The zero-order valence-corrected chi connectivity index (χ0v) is 11.5. The van der Waals surface area contributed by atoms with Crippen LogP contribution in [0.5, 0.6) is 11.5 Å². The summed E-state index contributed by atoms with van der Waals surface area (Å²) in [6.45, 7) is -0.549. The number of aromatic nitrogens is 1. The molecular formula is C14H17NO7. The second-order valence-corrected chi connectivity index (χ2v) is 5.20. The summed E-state index contributed by atoms with van der Waals surface area (Å²) in [5.74, 6) is -0.122. The first-order chi connectivity index (χ1) is 10.5. The molecule has 0 saturated carbocycles. The lowest BCUT2D eigenvalue weighted by atomic mass is 9.99. The quantitative estimate of drug-likeness (QED) is 0.430. The maximum absolute atomic E-state index is 9.95. The second-order valence-electron chi connectivity index (χ2n) is 5.20. The van der Waals surface area contributed by atoms with Crippen LogP contribution in [0, 0.1) is 0 Å². The summed E-state index contributed by atoms with van der Waals surface area (Å²) < 4.78 is 10.6. The van der Waals surface area contributed by atoms with Gasteiger partial charge in [0, 0.05) is 23.2 Å². The normalized spacial score (nSPS) is 32.3. The lowest BCUT2D eigenvalue weighted by Crippen LogP contribution is -2.60. The van der Waals surface area contributed by atoms with Gasteiger partial charge in [-0.2, -0.15) is 0 Å². The van der Waals surface area contributed by atoms with Crippen molar-refractivity contribution in [2.24, 2.45) is 0 Å². The van der Waals surface area contributed by atoms with Crippen molar-refractivity contribution in [3.63, 3.8) is 0 Å². The topological polar surface area (TPSA) is 135 Å². The van der Waals surface area contributed by atoms with E-state index >= 15 is 0 Å². The van der Waals surface area contributed by atoms with Crippen molar-refractivity contribution < 1.29 is 35.0 Å². The molecule has 2 heterocycles. The standard InChI is InChI=1S/C14H17NO7/c16-5-10-11(18)12(19)13(20)14(22-10)21-9-4-7-6(1-2-15-7)3-8(9)17/h1-4,10-20H,5H2/t10-,11-,12+,13-,14-/m1/s1. The van der Waals surface area contributed by atoms with Gasteiger partial charge < -0.3 is 40.0 Å². The van der Waals surface area contributed by atoms with Gasteiger partial charge in [0.2, 0.25) is 6.29 Å². The fraction of sp³-hybridized carbons (Fsp3) is 0.429. The minimum atomic E-state index is -1.53. The lowest BCUT2D eigenvalue weighted by molar-refractivity contribution is -0.277. The Morgan fingerprint density at radius 1 is 1.14 bits per heavy atom. The molecule has 8 nitrogen and oxygen atoms in total. The van der Waals surface area contributed by atoms with Crippen LogP contribution >= 0.6 is 0 Å². The van der Waals surface area contributed by atoms with Crippen LogP contribution in [0.15, 0.2) is 24.4 Å². The third-order valence-electron chi connectivity index (χ3n) is 3.72. The van der Waals surface area contributed by atoms with Gasteiger partial charge in [-0.15, -0.1) is 0 Å². The van der Waals surface area contributed by atoms with E-state index in [1.54, 1.807) is 12.3 Å². The third kappa shape index (κ3) is 2.51. The number of phenols is 1. The minimum Gasteiger partial charge on any atom is -0.504 e. The van der Waals surface area contributed by atoms with Crippen molar-refractivity contribution in [1.29, 1.82) is 0 Å². The number of hydrogen-bond donors (Lipinski definition) is 6. The van der Waals surface area contributed by atoms with Gasteiger partial charge in [-0.05, 0) is 12.1 Å². The molecule has 22 heavy (non-hydrogen) atoms. The molecule has 2 aromatic rings. The Kier molecular flexibility index (Phi) is 3.94. The van der Waals surface area contributed by atoms with Crippen LogP contribution in [0.4, 0.5) is 0 Å². The average molecular weight is 311 g/mol. The van der Waals surface area contributed by atoms with E-state index in [1.807, 2.05) is 0 Å². The predicted octanol–water partition coefficient (Wildman–Crippen LogP) is -0.948. The molecule has 6 N–H and O–H groups in total. The van der Waals surface area contributed by atoms with Crippen LogP contribution in [0.3, 0.4) is 0 Å². The van der Waals surface area contributed by atoms with Crippen LogP contribution in [0.2, 0.25) is 0 Å². The van der Waals surface area contributed by atoms with Crippen LogP contribution in [-0.2, 0) is 4.74 Å². The van der Waals surface area contributed by atoms with E-state index in [1.165, 1.54) is 12.1 Å². The molecule has 1 aromatic carbocycles. The van der Waals surface area contributed by atoms with Gasteiger partial charge in [0.25, 0.3) is 0 Å². The number of nitrogens with one attached hydrogen (secondary N) is 1. The maximum Gasteiger partial charge on any atom is 0.229 e. The molecule has 8 heteroatoms. The average Bonchev–Trinajstić information content (AvgIpc) is 2.95. The summed E-state index contributed by atoms with van der Waals surface area (Å²) in [4.78, 5) is 2.95. The number of hydrogen-bond acceptors (Lipinski definition) is 7. The lowest BCUT2D eigenvalue weighted by Gasteiger charge is -2.39. The van der Waals surface area contributed by atoms with Crippen molar-refractivity contribution in [3.05, 3.63) is 24.4 Å². The monoisotopic (exact) mass is 311 g/mol. The fourth-order valence-electron chi connectivity index (χ4n) is 2.45. The number of aliphatic hydroxyl groups excluding tert-OH is 4. The number of aromatic amines is 1. The van der Waals surface area contributed by atoms with Crippen LogP contribution in [0.1, 0.15) is 0 Å². The van der Waals surface area contributed by atoms with Crippen LogP contribution in [-0.4, -0.2) is 67.8 Å². The molecule has 1 saturated heterocycles. The molecular weight excluding hydrogens is 294 g/mol. The van der Waals surface area contributed by atoms with E-state index in [-0.39, 0.29) is 11.5 Å². The second kappa shape index (κ2) is 5.75. The maximum atomic E-state index is 9.95. The molecule has 0 aliphatic carbocycles. The highest BCUT2D eigenvalue weighted by molar-refractivity contribution is 5.83. The summed E-state index contributed by atoms with van der Waals surface area (Å²) in [7, 11) is 0. The Morgan fingerprint density at radius 2 is 1.91 bits per heavy atom. The molecule has 0 spiro atoms. The number of aliphatic hydroxyl groups is 4. The molecule has 1 aromatic heterocycles. The number of H-pyrrole nitrogens is 1. The Bertz CT molecular complexity index is 656. The van der Waals surface area contributed by atoms with Gasteiger partial charge in [-0.25, -0.2) is 0 Å². The fourth-order valence-corrected chi connectivity index (χ4v) is 2.45. The van der Waals surface area contributed by atoms with Crippen LogP contribution < -0.4 is 4.74 Å². The number of aromatic hydroxyl groups is 1. The molecule has 120 valence electrons. The molecule has 3 rings (SSSR count). The highest BCUT2D eigenvalue weighted by Crippen LogP contribution is 2.33. The molecule has 0 amide bonds. The van der Waals surface area contributed by atoms with E-state index < -0.39 is 37.3 Å². The Balaban J connectivity index is 1.85. The summed E-state index contributed by atoms with van der Waals surface area (Å²) in [6, 6.07) is 4.77. The molecule has 5 atom stereocenters. The smallest absolute Gasteiger partial charge is 0.229 e. The number of fused-ring (bicyclic) bond motifs is 1. The Labute approximate surface area is 125 Å². The summed E-state index contributed by atoms with van der Waals surface area (Å²) in [6.07, 6.45) is -5.24. The van der Waals surface area contributed by atoms with Gasteiger partial charge in [-0.1, -0.05) is 0 Å². The highest BCUT2D eigenvalue weighted by atomic mass is 16.7. The molecule has 0 radical (unpaired) electrons. The zero-order valence-electron chi connectivity index (χ0n) is 11.5. The van der Waals surface area contributed by atoms with Gasteiger partial charge >= 0.3 is 0 Å². The first kappa shape index (κ1) is 15.1. The Morgan fingerprint density at radius 3 is 2.64 bits per heavy atom. The van der Waals surface area contributed by atoms with Crippen molar-refractivity contribution in [2.45, 2.75) is 30.7 Å². The molecule has 0 unspecified atom stereocenters. The van der Waals surface area contributed by atoms with Gasteiger partial charge in [0.05, 0.1) is 6.61 Å². The Hall–Kier alpha value is -1.84. The molecule has 1 aliphatic heterocycles. The first-order valence-electron chi connectivity index (χ1n) is 6.78. The van der Waals surface area contributed by atoms with Crippen molar-refractivity contribution in [3.8, 4) is 11.5 Å². The third-order valence-corrected chi connectivity index (χ3v) is 3.72. The van der Waals surface area contributed by atoms with E-state index in [9.17, 15) is 20.4 Å². The number of phenolic OH excluding ortho intramolecular Hbond substituents is 1. The van der Waals surface area contributed by atoms with E-state index in [0.29, 0.717) is 5.52 Å². The van der Waals surface area contributed by atoms with Gasteiger partial charge in [0.1, 0.15) is 24.4 Å². The van der Waals surface area contributed by atoms with Gasteiger partial charge in [-0.3, -0.25) is 0 Å². The summed E-state index contributed by atoms with van der Waals surface area (Å²) in [5.41, 5.74) is 0.706. The van der Waals surface area contributed by atoms with E-state index in [0.717, 1.165) is 5.39 Å². The van der Waals surface area contributed by atoms with Crippen molar-refractivity contribution >= 4 is 10.9 Å². The van der Waals surface area contributed by atoms with E-state index in [2.05, 4.69) is 4.98 Å². The number of rotatable bonds is 3. The minimum absolute atomic E-state index is 0.0410.